The van der Waals surface area contributed by atoms with E-state index in [2.05, 4.69) is 15.3 Å². The molecule has 7 heteroatoms. The highest BCUT2D eigenvalue weighted by atomic mass is 32.2. The van der Waals surface area contributed by atoms with Crippen LogP contribution in [-0.4, -0.2) is 21.1 Å². The standard InChI is InChI=1S/C23H25N3O3S/c1-4-20(22(28)25-19-12-15(2)10-11-16(19)3)30-23-24-17(13-21(27)26-23)14-29-18-8-6-5-7-9-18/h5-13,20H,4,14H2,1-3H3,(H,25,28)(H,24,26,27). The van der Waals surface area contributed by atoms with Crippen molar-refractivity contribution in [1.82, 2.24) is 9.97 Å². The fourth-order valence-corrected chi connectivity index (χ4v) is 3.76. The van der Waals surface area contributed by atoms with E-state index < -0.39 is 5.25 Å². The number of hydrogen-bond acceptors (Lipinski definition) is 5. The molecule has 0 saturated heterocycles. The summed E-state index contributed by atoms with van der Waals surface area (Å²) in [5.74, 6) is 0.581. The second-order valence-corrected chi connectivity index (χ2v) is 8.16. The third-order valence-corrected chi connectivity index (χ3v) is 5.72. The first-order valence-corrected chi connectivity index (χ1v) is 10.7. The number of hydrogen-bond donors (Lipinski definition) is 2. The van der Waals surface area contributed by atoms with Gasteiger partial charge in [-0.2, -0.15) is 0 Å². The highest BCUT2D eigenvalue weighted by molar-refractivity contribution is 8.00. The largest absolute Gasteiger partial charge is 0.487 e. The number of carbonyl (C=O) groups excluding carboxylic acids is 1. The van der Waals surface area contributed by atoms with Crippen LogP contribution in [0.15, 0.2) is 64.5 Å². The molecule has 30 heavy (non-hydrogen) atoms. The fourth-order valence-electron chi connectivity index (χ4n) is 2.83. The number of aromatic nitrogens is 2. The zero-order valence-corrected chi connectivity index (χ0v) is 18.1. The van der Waals surface area contributed by atoms with Gasteiger partial charge < -0.3 is 15.0 Å². The quantitative estimate of drug-likeness (QED) is 0.412. The minimum absolute atomic E-state index is 0.121. The Labute approximate surface area is 180 Å². The lowest BCUT2D eigenvalue weighted by molar-refractivity contribution is -0.115. The van der Waals surface area contributed by atoms with Crippen molar-refractivity contribution in [3.05, 3.63) is 81.8 Å². The third-order valence-electron chi connectivity index (χ3n) is 4.47. The molecule has 1 unspecified atom stereocenters. The zero-order chi connectivity index (χ0) is 21.5. The normalized spacial score (nSPS) is 11.7. The first-order chi connectivity index (χ1) is 14.4. The average Bonchev–Trinajstić information content (AvgIpc) is 2.73. The molecule has 1 aromatic heterocycles. The van der Waals surface area contributed by atoms with Gasteiger partial charge in [-0.1, -0.05) is 49.0 Å². The van der Waals surface area contributed by atoms with Crippen LogP contribution >= 0.6 is 11.8 Å². The van der Waals surface area contributed by atoms with E-state index in [0.717, 1.165) is 16.8 Å². The number of rotatable bonds is 8. The van der Waals surface area contributed by atoms with Gasteiger partial charge in [0, 0.05) is 11.8 Å². The predicted octanol–water partition coefficient (Wildman–Crippen LogP) is 4.48. The van der Waals surface area contributed by atoms with Gasteiger partial charge in [0.25, 0.3) is 5.56 Å². The number of ether oxygens (including phenoxy) is 1. The van der Waals surface area contributed by atoms with Crippen LogP contribution in [0.3, 0.4) is 0 Å². The van der Waals surface area contributed by atoms with E-state index in [1.54, 1.807) is 0 Å². The summed E-state index contributed by atoms with van der Waals surface area (Å²) in [4.78, 5) is 32.1. The molecule has 3 aromatic rings. The van der Waals surface area contributed by atoms with E-state index >= 15 is 0 Å². The molecule has 156 valence electrons. The second kappa shape index (κ2) is 10.1. The number of aromatic amines is 1. The van der Waals surface area contributed by atoms with Crippen molar-refractivity contribution < 1.29 is 9.53 Å². The second-order valence-electron chi connectivity index (χ2n) is 6.97. The van der Waals surface area contributed by atoms with Gasteiger partial charge >= 0.3 is 0 Å². The first-order valence-electron chi connectivity index (χ1n) is 9.77. The third kappa shape index (κ3) is 5.97. The molecule has 0 spiro atoms. The zero-order valence-electron chi connectivity index (χ0n) is 17.3. The van der Waals surface area contributed by atoms with E-state index in [9.17, 15) is 9.59 Å². The van der Waals surface area contributed by atoms with Gasteiger partial charge in [-0.3, -0.25) is 9.59 Å². The number of para-hydroxylation sites is 1. The van der Waals surface area contributed by atoms with Crippen LogP contribution < -0.4 is 15.6 Å². The summed E-state index contributed by atoms with van der Waals surface area (Å²) in [5.41, 5.74) is 3.11. The van der Waals surface area contributed by atoms with Crippen molar-refractivity contribution in [2.24, 2.45) is 0 Å². The molecule has 0 aliphatic heterocycles. The van der Waals surface area contributed by atoms with Crippen LogP contribution in [0, 0.1) is 13.8 Å². The SMILES string of the molecule is CCC(Sc1nc(COc2ccccc2)cc(=O)[nH]1)C(=O)Nc1cc(C)ccc1C. The van der Waals surface area contributed by atoms with Crippen LogP contribution in [0.2, 0.25) is 0 Å². The molecule has 2 aromatic carbocycles. The summed E-state index contributed by atoms with van der Waals surface area (Å²) in [6.07, 6.45) is 0.593. The Balaban J connectivity index is 1.70. The molecule has 1 atom stereocenters. The summed E-state index contributed by atoms with van der Waals surface area (Å²) in [6, 6.07) is 16.7. The summed E-state index contributed by atoms with van der Waals surface area (Å²) < 4.78 is 5.68. The van der Waals surface area contributed by atoms with E-state index in [0.29, 0.717) is 23.0 Å². The molecule has 0 aliphatic carbocycles. The Morgan fingerprint density at radius 2 is 1.93 bits per heavy atom. The summed E-state index contributed by atoms with van der Waals surface area (Å²) >= 11 is 1.24. The van der Waals surface area contributed by atoms with Gasteiger partial charge in [-0.25, -0.2) is 4.98 Å². The van der Waals surface area contributed by atoms with Crippen molar-refractivity contribution in [3.63, 3.8) is 0 Å². The molecule has 1 heterocycles. The number of H-pyrrole nitrogens is 1. The van der Waals surface area contributed by atoms with Gasteiger partial charge in [0.2, 0.25) is 5.91 Å². The Bertz CT molecular complexity index is 1070. The van der Waals surface area contributed by atoms with Crippen LogP contribution in [0.4, 0.5) is 5.69 Å². The van der Waals surface area contributed by atoms with Crippen molar-refractivity contribution in [2.45, 2.75) is 44.2 Å². The van der Waals surface area contributed by atoms with Gasteiger partial charge in [-0.15, -0.1) is 0 Å². The maximum atomic E-state index is 12.8. The first kappa shape index (κ1) is 21.6. The number of carbonyl (C=O) groups is 1. The molecule has 0 radical (unpaired) electrons. The minimum atomic E-state index is -0.390. The fraction of sp³-hybridized carbons (Fsp3) is 0.261. The number of anilines is 1. The maximum Gasteiger partial charge on any atom is 0.251 e. The Hall–Kier alpha value is -3.06. The lowest BCUT2D eigenvalue weighted by Gasteiger charge is -2.16. The Morgan fingerprint density at radius 1 is 1.17 bits per heavy atom. The maximum absolute atomic E-state index is 12.8. The van der Waals surface area contributed by atoms with Crippen LogP contribution in [0.5, 0.6) is 5.75 Å². The number of nitrogens with zero attached hydrogens (tertiary/aromatic N) is 1. The smallest absolute Gasteiger partial charge is 0.251 e. The lowest BCUT2D eigenvalue weighted by atomic mass is 10.1. The molecule has 6 nitrogen and oxygen atoms in total. The van der Waals surface area contributed by atoms with Crippen LogP contribution in [0.1, 0.15) is 30.2 Å². The van der Waals surface area contributed by atoms with Crippen molar-refractivity contribution in [1.29, 1.82) is 0 Å². The van der Waals surface area contributed by atoms with E-state index in [4.69, 9.17) is 4.74 Å². The van der Waals surface area contributed by atoms with Crippen LogP contribution in [-0.2, 0) is 11.4 Å². The molecule has 1 amide bonds. The minimum Gasteiger partial charge on any atom is -0.487 e. The van der Waals surface area contributed by atoms with Gasteiger partial charge in [0.1, 0.15) is 12.4 Å². The molecule has 0 aliphatic rings. The molecule has 2 N–H and O–H groups in total. The average molecular weight is 424 g/mol. The topological polar surface area (TPSA) is 84.1 Å². The molecule has 0 fully saturated rings. The van der Waals surface area contributed by atoms with E-state index in [-0.39, 0.29) is 18.1 Å². The highest BCUT2D eigenvalue weighted by Crippen LogP contribution is 2.24. The van der Waals surface area contributed by atoms with E-state index in [1.807, 2.05) is 69.3 Å². The summed E-state index contributed by atoms with van der Waals surface area (Å²) in [5, 5.41) is 3.00. The van der Waals surface area contributed by atoms with E-state index in [1.165, 1.54) is 17.8 Å². The predicted molar refractivity (Wildman–Crippen MR) is 120 cm³/mol. The van der Waals surface area contributed by atoms with Crippen molar-refractivity contribution >= 4 is 23.4 Å². The monoisotopic (exact) mass is 423 g/mol. The van der Waals surface area contributed by atoms with Gasteiger partial charge in [0.05, 0.1) is 10.9 Å². The number of amides is 1. The molecular formula is C23H25N3O3S. The molecular weight excluding hydrogens is 398 g/mol. The Morgan fingerprint density at radius 3 is 2.67 bits per heavy atom. The number of benzene rings is 2. The van der Waals surface area contributed by atoms with Gasteiger partial charge in [0.15, 0.2) is 5.16 Å². The van der Waals surface area contributed by atoms with Crippen LogP contribution in [0.25, 0.3) is 0 Å². The van der Waals surface area contributed by atoms with Crippen molar-refractivity contribution in [2.75, 3.05) is 5.32 Å². The molecule has 0 bridgehead atoms. The summed E-state index contributed by atoms with van der Waals surface area (Å²) in [7, 11) is 0. The lowest BCUT2D eigenvalue weighted by Crippen LogP contribution is -2.26. The van der Waals surface area contributed by atoms with Crippen molar-refractivity contribution in [3.8, 4) is 5.75 Å². The molecule has 0 saturated carbocycles. The highest BCUT2D eigenvalue weighted by Gasteiger charge is 2.20. The number of aryl methyl sites for hydroxylation is 2. The number of thioether (sulfide) groups is 1. The van der Waals surface area contributed by atoms with Gasteiger partial charge in [-0.05, 0) is 49.6 Å². The molecule has 3 rings (SSSR count). The number of nitrogens with one attached hydrogen (secondary N) is 2. The summed E-state index contributed by atoms with van der Waals surface area (Å²) in [6.45, 7) is 6.05. The Kier molecular flexibility index (Phi) is 7.30.